The van der Waals surface area contributed by atoms with E-state index in [4.69, 9.17) is 9.47 Å². The van der Waals surface area contributed by atoms with E-state index in [0.717, 1.165) is 28.0 Å². The van der Waals surface area contributed by atoms with E-state index in [1.54, 1.807) is 0 Å². The average Bonchev–Trinajstić information content (AvgIpc) is 2.72. The number of fused-ring (bicyclic) bond motifs is 1. The SMILES string of the molecule is c1ccc(COc2ccc3ccc(OCc4ccccc4)cc3c2)cc1. The van der Waals surface area contributed by atoms with Crippen LogP contribution in [0.15, 0.2) is 97.1 Å². The Balaban J connectivity index is 1.47. The predicted octanol–water partition coefficient (Wildman–Crippen LogP) is 6.00. The summed E-state index contributed by atoms with van der Waals surface area (Å²) in [5, 5.41) is 2.28. The van der Waals surface area contributed by atoms with Crippen LogP contribution in [0.5, 0.6) is 11.5 Å². The Bertz CT molecular complexity index is 900. The van der Waals surface area contributed by atoms with Crippen LogP contribution in [0.3, 0.4) is 0 Å². The van der Waals surface area contributed by atoms with Gasteiger partial charge in [-0.2, -0.15) is 0 Å². The van der Waals surface area contributed by atoms with Crippen LogP contribution >= 0.6 is 0 Å². The minimum absolute atomic E-state index is 0.566. The molecule has 128 valence electrons. The molecule has 0 unspecified atom stereocenters. The molecule has 0 amide bonds. The maximum absolute atomic E-state index is 5.93. The molecule has 0 aliphatic carbocycles. The third kappa shape index (κ3) is 4.04. The van der Waals surface area contributed by atoms with Crippen LogP contribution < -0.4 is 9.47 Å². The smallest absolute Gasteiger partial charge is 0.120 e. The zero-order valence-electron chi connectivity index (χ0n) is 14.5. The fourth-order valence-electron chi connectivity index (χ4n) is 2.86. The second kappa shape index (κ2) is 7.75. The van der Waals surface area contributed by atoms with Crippen molar-refractivity contribution in [3.63, 3.8) is 0 Å². The van der Waals surface area contributed by atoms with Gasteiger partial charge in [-0.15, -0.1) is 0 Å². The highest BCUT2D eigenvalue weighted by Gasteiger charge is 2.02. The first kappa shape index (κ1) is 16.2. The van der Waals surface area contributed by atoms with E-state index in [9.17, 15) is 0 Å². The Kier molecular flexibility index (Phi) is 4.83. The van der Waals surface area contributed by atoms with Gasteiger partial charge in [-0.25, -0.2) is 0 Å². The summed E-state index contributed by atoms with van der Waals surface area (Å²) < 4.78 is 11.9. The van der Waals surface area contributed by atoms with E-state index in [-0.39, 0.29) is 0 Å². The molecule has 4 rings (SSSR count). The molecule has 0 atom stereocenters. The first-order valence-corrected chi connectivity index (χ1v) is 8.74. The molecule has 0 aromatic heterocycles. The van der Waals surface area contributed by atoms with Crippen molar-refractivity contribution in [2.24, 2.45) is 0 Å². The van der Waals surface area contributed by atoms with Crippen molar-refractivity contribution in [1.82, 2.24) is 0 Å². The molecule has 0 fully saturated rings. The topological polar surface area (TPSA) is 18.5 Å². The second-order valence-electron chi connectivity index (χ2n) is 6.22. The number of rotatable bonds is 6. The van der Waals surface area contributed by atoms with Crippen molar-refractivity contribution in [2.75, 3.05) is 0 Å². The lowest BCUT2D eigenvalue weighted by Crippen LogP contribution is -1.96. The standard InChI is InChI=1S/C24H20O2/c1-3-7-19(8-4-1)17-25-23-13-11-21-12-14-24(16-22(21)15-23)26-18-20-9-5-2-6-10-20/h1-16H,17-18H2. The maximum atomic E-state index is 5.93. The molecule has 0 aliphatic heterocycles. The van der Waals surface area contributed by atoms with Crippen LogP contribution in [0.4, 0.5) is 0 Å². The van der Waals surface area contributed by atoms with Gasteiger partial charge in [-0.1, -0.05) is 72.8 Å². The van der Waals surface area contributed by atoms with Gasteiger partial charge in [-0.05, 0) is 46.2 Å². The van der Waals surface area contributed by atoms with Gasteiger partial charge in [-0.3, -0.25) is 0 Å². The van der Waals surface area contributed by atoms with E-state index in [2.05, 4.69) is 48.5 Å². The predicted molar refractivity (Wildman–Crippen MR) is 105 cm³/mol. The molecule has 0 saturated heterocycles. The van der Waals surface area contributed by atoms with Gasteiger partial charge in [0.15, 0.2) is 0 Å². The van der Waals surface area contributed by atoms with Crippen molar-refractivity contribution < 1.29 is 9.47 Å². The maximum Gasteiger partial charge on any atom is 0.120 e. The summed E-state index contributed by atoms with van der Waals surface area (Å²) in [4.78, 5) is 0. The summed E-state index contributed by atoms with van der Waals surface area (Å²) in [7, 11) is 0. The van der Waals surface area contributed by atoms with Gasteiger partial charge in [0.2, 0.25) is 0 Å². The zero-order chi connectivity index (χ0) is 17.6. The summed E-state index contributed by atoms with van der Waals surface area (Å²) in [6.45, 7) is 1.13. The number of ether oxygens (including phenoxy) is 2. The van der Waals surface area contributed by atoms with Crippen LogP contribution in [0.1, 0.15) is 11.1 Å². The van der Waals surface area contributed by atoms with E-state index in [1.807, 2.05) is 48.5 Å². The molecule has 26 heavy (non-hydrogen) atoms. The van der Waals surface area contributed by atoms with E-state index in [0.29, 0.717) is 13.2 Å². The summed E-state index contributed by atoms with van der Waals surface area (Å²) in [5.41, 5.74) is 2.32. The molecule has 4 aromatic rings. The van der Waals surface area contributed by atoms with Gasteiger partial charge >= 0.3 is 0 Å². The highest BCUT2D eigenvalue weighted by atomic mass is 16.5. The Labute approximate surface area is 153 Å². The average molecular weight is 340 g/mol. The molecule has 0 aliphatic rings. The third-order valence-corrected chi connectivity index (χ3v) is 4.28. The Morgan fingerprint density at radius 3 is 1.38 bits per heavy atom. The molecule has 0 N–H and O–H groups in total. The van der Waals surface area contributed by atoms with Gasteiger partial charge in [0.25, 0.3) is 0 Å². The molecule has 0 heterocycles. The lowest BCUT2D eigenvalue weighted by Gasteiger charge is -2.10. The fourth-order valence-corrected chi connectivity index (χ4v) is 2.86. The van der Waals surface area contributed by atoms with Crippen LogP contribution in [-0.2, 0) is 13.2 Å². The highest BCUT2D eigenvalue weighted by Crippen LogP contribution is 2.26. The highest BCUT2D eigenvalue weighted by molar-refractivity contribution is 5.85. The van der Waals surface area contributed by atoms with Crippen molar-refractivity contribution in [1.29, 1.82) is 0 Å². The number of benzene rings is 4. The van der Waals surface area contributed by atoms with E-state index < -0.39 is 0 Å². The molecule has 2 heteroatoms. The molecule has 0 spiro atoms. The van der Waals surface area contributed by atoms with Crippen LogP contribution in [-0.4, -0.2) is 0 Å². The lowest BCUT2D eigenvalue weighted by molar-refractivity contribution is 0.305. The van der Waals surface area contributed by atoms with E-state index in [1.165, 1.54) is 5.39 Å². The van der Waals surface area contributed by atoms with Crippen LogP contribution in [0.25, 0.3) is 10.8 Å². The molecule has 0 saturated carbocycles. The molecule has 4 aromatic carbocycles. The van der Waals surface area contributed by atoms with Crippen LogP contribution in [0, 0.1) is 0 Å². The van der Waals surface area contributed by atoms with Gasteiger partial charge in [0.05, 0.1) is 0 Å². The second-order valence-corrected chi connectivity index (χ2v) is 6.22. The summed E-state index contributed by atoms with van der Waals surface area (Å²) in [5.74, 6) is 1.73. The first-order valence-electron chi connectivity index (χ1n) is 8.74. The van der Waals surface area contributed by atoms with Gasteiger partial charge < -0.3 is 9.47 Å². The van der Waals surface area contributed by atoms with Crippen molar-refractivity contribution >= 4 is 10.8 Å². The molecule has 0 bridgehead atoms. The summed E-state index contributed by atoms with van der Waals surface area (Å²) in [6.07, 6.45) is 0. The van der Waals surface area contributed by atoms with Gasteiger partial charge in [0, 0.05) is 0 Å². The minimum Gasteiger partial charge on any atom is -0.489 e. The Hall–Kier alpha value is -3.26. The number of hydrogen-bond acceptors (Lipinski definition) is 2. The molecular weight excluding hydrogens is 320 g/mol. The minimum atomic E-state index is 0.566. The Morgan fingerprint density at radius 2 is 0.923 bits per heavy atom. The quantitative estimate of drug-likeness (QED) is 0.429. The van der Waals surface area contributed by atoms with Crippen molar-refractivity contribution in [3.8, 4) is 11.5 Å². The number of hydrogen-bond donors (Lipinski definition) is 0. The van der Waals surface area contributed by atoms with Gasteiger partial charge in [0.1, 0.15) is 24.7 Å². The Morgan fingerprint density at radius 1 is 0.462 bits per heavy atom. The molecular formula is C24H20O2. The molecule has 0 radical (unpaired) electrons. The van der Waals surface area contributed by atoms with Crippen molar-refractivity contribution in [2.45, 2.75) is 13.2 Å². The van der Waals surface area contributed by atoms with Crippen molar-refractivity contribution in [3.05, 3.63) is 108 Å². The summed E-state index contributed by atoms with van der Waals surface area (Å²) >= 11 is 0. The fraction of sp³-hybridized carbons (Fsp3) is 0.0833. The molecule has 2 nitrogen and oxygen atoms in total. The monoisotopic (exact) mass is 340 g/mol. The summed E-state index contributed by atoms with van der Waals surface area (Å²) in [6, 6.07) is 32.7. The normalized spacial score (nSPS) is 10.6. The van der Waals surface area contributed by atoms with Crippen LogP contribution in [0.2, 0.25) is 0 Å². The third-order valence-electron chi connectivity index (χ3n) is 4.28. The first-order chi connectivity index (χ1) is 12.9. The largest absolute Gasteiger partial charge is 0.489 e. The lowest BCUT2D eigenvalue weighted by atomic mass is 10.1. The zero-order valence-corrected chi connectivity index (χ0v) is 14.5. The van der Waals surface area contributed by atoms with E-state index >= 15 is 0 Å².